The summed E-state index contributed by atoms with van der Waals surface area (Å²) in [6.45, 7) is 6.31. The molecule has 3 nitrogen and oxygen atoms in total. The summed E-state index contributed by atoms with van der Waals surface area (Å²) in [5.41, 5.74) is 7.50. The van der Waals surface area contributed by atoms with E-state index in [0.717, 1.165) is 28.0 Å². The molecule has 4 heteroatoms. The zero-order valence-corrected chi connectivity index (χ0v) is 16.5. The summed E-state index contributed by atoms with van der Waals surface area (Å²) >= 11 is 1.80. The monoisotopic (exact) mass is 371 g/mol. The van der Waals surface area contributed by atoms with E-state index in [1.54, 1.807) is 11.8 Å². The van der Waals surface area contributed by atoms with Crippen LogP contribution in [0.3, 0.4) is 0 Å². The summed E-state index contributed by atoms with van der Waals surface area (Å²) in [5, 5.41) is 3.47. The molecule has 0 aliphatic heterocycles. The van der Waals surface area contributed by atoms with Crippen LogP contribution in [-0.2, 0) is 0 Å². The van der Waals surface area contributed by atoms with Gasteiger partial charge in [0.05, 0.1) is 11.2 Å². The fraction of sp³-hybridized carbons (Fsp3) is 0.130. The number of aryl methyl sites for hydroxylation is 3. The van der Waals surface area contributed by atoms with Crippen LogP contribution in [0.2, 0.25) is 0 Å². The van der Waals surface area contributed by atoms with Crippen molar-refractivity contribution in [2.45, 2.75) is 30.6 Å². The van der Waals surface area contributed by atoms with Gasteiger partial charge >= 0.3 is 0 Å². The van der Waals surface area contributed by atoms with E-state index in [1.807, 2.05) is 25.4 Å². The van der Waals surface area contributed by atoms with Crippen molar-refractivity contribution in [2.75, 3.05) is 5.32 Å². The van der Waals surface area contributed by atoms with Crippen LogP contribution in [0.15, 0.2) is 76.8 Å². The summed E-state index contributed by atoms with van der Waals surface area (Å²) in [6.07, 6.45) is 3.69. The van der Waals surface area contributed by atoms with E-state index in [0.29, 0.717) is 0 Å². The van der Waals surface area contributed by atoms with Crippen molar-refractivity contribution in [2.24, 2.45) is 0 Å². The average Bonchev–Trinajstić information content (AvgIpc) is 2.66. The van der Waals surface area contributed by atoms with Crippen LogP contribution in [0.5, 0.6) is 0 Å². The highest BCUT2D eigenvalue weighted by Gasteiger charge is 2.06. The van der Waals surface area contributed by atoms with Crippen molar-refractivity contribution in [3.8, 4) is 0 Å². The fourth-order valence-electron chi connectivity index (χ4n) is 2.94. The number of anilines is 2. The largest absolute Gasteiger partial charge is 0.354 e. The Hall–Kier alpha value is -2.85. The molecule has 4 rings (SSSR count). The summed E-state index contributed by atoms with van der Waals surface area (Å²) < 4.78 is 0. The van der Waals surface area contributed by atoms with Gasteiger partial charge in [0.2, 0.25) is 0 Å². The van der Waals surface area contributed by atoms with Gasteiger partial charge in [0, 0.05) is 27.9 Å². The van der Waals surface area contributed by atoms with Crippen LogP contribution < -0.4 is 5.32 Å². The zero-order valence-electron chi connectivity index (χ0n) is 15.7. The number of aromatic nitrogens is 2. The number of nitrogens with zero attached hydrogens (tertiary/aromatic N) is 2. The molecular formula is C23H21N3S. The molecule has 0 aliphatic carbocycles. The number of hydrogen-bond donors (Lipinski definition) is 1. The molecule has 0 saturated heterocycles. The minimum atomic E-state index is 0.886. The lowest BCUT2D eigenvalue weighted by molar-refractivity contribution is 1.25. The van der Waals surface area contributed by atoms with Crippen molar-refractivity contribution in [3.63, 3.8) is 0 Å². The SMILES string of the molecule is Cc1ccc(C)c(Sc2ccc(Nc3ccnc4cc(C)cnc34)cc2)c1. The van der Waals surface area contributed by atoms with Crippen LogP contribution in [-0.4, -0.2) is 9.97 Å². The molecule has 2 aromatic carbocycles. The minimum Gasteiger partial charge on any atom is -0.354 e. The first-order valence-corrected chi connectivity index (χ1v) is 9.74. The topological polar surface area (TPSA) is 37.8 Å². The summed E-state index contributed by atoms with van der Waals surface area (Å²) in [4.78, 5) is 11.5. The molecule has 134 valence electrons. The second-order valence-electron chi connectivity index (χ2n) is 6.76. The van der Waals surface area contributed by atoms with Crippen LogP contribution in [0.25, 0.3) is 11.0 Å². The maximum Gasteiger partial charge on any atom is 0.112 e. The number of benzene rings is 2. The fourth-order valence-corrected chi connectivity index (χ4v) is 3.94. The van der Waals surface area contributed by atoms with E-state index in [2.05, 4.69) is 77.7 Å². The average molecular weight is 372 g/mol. The molecule has 0 aliphatic rings. The lowest BCUT2D eigenvalue weighted by Crippen LogP contribution is -1.94. The molecule has 2 aromatic heterocycles. The maximum atomic E-state index is 4.54. The van der Waals surface area contributed by atoms with Gasteiger partial charge in [0.1, 0.15) is 5.52 Å². The Morgan fingerprint density at radius 2 is 1.63 bits per heavy atom. The van der Waals surface area contributed by atoms with E-state index < -0.39 is 0 Å². The molecule has 1 N–H and O–H groups in total. The second kappa shape index (κ2) is 7.41. The van der Waals surface area contributed by atoms with Crippen LogP contribution in [0.1, 0.15) is 16.7 Å². The third-order valence-corrected chi connectivity index (χ3v) is 5.59. The van der Waals surface area contributed by atoms with E-state index in [-0.39, 0.29) is 0 Å². The Kier molecular flexibility index (Phi) is 4.82. The Labute approximate surface area is 163 Å². The van der Waals surface area contributed by atoms with E-state index in [1.165, 1.54) is 20.9 Å². The van der Waals surface area contributed by atoms with Gasteiger partial charge in [-0.05, 0) is 79.9 Å². The van der Waals surface area contributed by atoms with Crippen LogP contribution >= 0.6 is 11.8 Å². The minimum absolute atomic E-state index is 0.886. The molecule has 27 heavy (non-hydrogen) atoms. The van der Waals surface area contributed by atoms with Crippen molar-refractivity contribution < 1.29 is 0 Å². The molecule has 4 aromatic rings. The first kappa shape index (κ1) is 17.6. The van der Waals surface area contributed by atoms with Gasteiger partial charge < -0.3 is 5.32 Å². The number of hydrogen-bond acceptors (Lipinski definition) is 4. The summed E-state index contributed by atoms with van der Waals surface area (Å²) in [7, 11) is 0. The Balaban J connectivity index is 1.56. The highest BCUT2D eigenvalue weighted by atomic mass is 32.2. The second-order valence-corrected chi connectivity index (χ2v) is 7.87. The molecule has 2 heterocycles. The van der Waals surface area contributed by atoms with Gasteiger partial charge in [-0.2, -0.15) is 0 Å². The van der Waals surface area contributed by atoms with Gasteiger partial charge in [-0.25, -0.2) is 0 Å². The number of fused-ring (bicyclic) bond motifs is 1. The first-order chi connectivity index (χ1) is 13.1. The van der Waals surface area contributed by atoms with Crippen molar-refractivity contribution in [1.82, 2.24) is 9.97 Å². The standard InChI is InChI=1S/C23H21N3S/c1-15-4-5-17(3)22(13-15)27-19-8-6-18(7-9-19)26-20-10-11-24-21-12-16(2)14-25-23(20)21/h4-14H,1-3H3,(H,24,26). The van der Waals surface area contributed by atoms with Gasteiger partial charge in [0.15, 0.2) is 0 Å². The molecular weight excluding hydrogens is 350 g/mol. The molecule has 0 fully saturated rings. The highest BCUT2D eigenvalue weighted by molar-refractivity contribution is 7.99. The molecule has 0 radical (unpaired) electrons. The normalized spacial score (nSPS) is 10.9. The van der Waals surface area contributed by atoms with E-state index in [9.17, 15) is 0 Å². The molecule has 0 saturated carbocycles. The van der Waals surface area contributed by atoms with Crippen LogP contribution in [0.4, 0.5) is 11.4 Å². The van der Waals surface area contributed by atoms with Gasteiger partial charge in [-0.3, -0.25) is 9.97 Å². The number of pyridine rings is 2. The predicted octanol–water partition coefficient (Wildman–Crippen LogP) is 6.45. The van der Waals surface area contributed by atoms with Gasteiger partial charge in [-0.1, -0.05) is 23.9 Å². The first-order valence-electron chi connectivity index (χ1n) is 8.92. The van der Waals surface area contributed by atoms with Gasteiger partial charge in [-0.15, -0.1) is 0 Å². The third kappa shape index (κ3) is 3.96. The highest BCUT2D eigenvalue weighted by Crippen LogP contribution is 2.32. The summed E-state index contributed by atoms with van der Waals surface area (Å²) in [6, 6.07) is 19.1. The molecule has 0 spiro atoms. The number of rotatable bonds is 4. The van der Waals surface area contributed by atoms with Crippen molar-refractivity contribution >= 4 is 34.2 Å². The molecule has 0 bridgehead atoms. The van der Waals surface area contributed by atoms with Gasteiger partial charge in [0.25, 0.3) is 0 Å². The lowest BCUT2D eigenvalue weighted by Gasteiger charge is -2.11. The molecule has 0 unspecified atom stereocenters. The van der Waals surface area contributed by atoms with E-state index in [4.69, 9.17) is 0 Å². The molecule has 0 atom stereocenters. The lowest BCUT2D eigenvalue weighted by atomic mass is 10.2. The smallest absolute Gasteiger partial charge is 0.112 e. The van der Waals surface area contributed by atoms with Crippen LogP contribution in [0, 0.1) is 20.8 Å². The van der Waals surface area contributed by atoms with Crippen molar-refractivity contribution in [3.05, 3.63) is 83.7 Å². The Bertz CT molecular complexity index is 1100. The van der Waals surface area contributed by atoms with Crippen molar-refractivity contribution in [1.29, 1.82) is 0 Å². The molecule has 0 amide bonds. The maximum absolute atomic E-state index is 4.54. The zero-order chi connectivity index (χ0) is 18.8. The summed E-state index contributed by atoms with van der Waals surface area (Å²) in [5.74, 6) is 0. The van der Waals surface area contributed by atoms with E-state index >= 15 is 0 Å². The third-order valence-electron chi connectivity index (χ3n) is 4.42. The quantitative estimate of drug-likeness (QED) is 0.447. The Morgan fingerprint density at radius 1 is 0.815 bits per heavy atom. The number of nitrogens with one attached hydrogen (secondary N) is 1. The Morgan fingerprint density at radius 3 is 2.44 bits per heavy atom. The predicted molar refractivity (Wildman–Crippen MR) is 114 cm³/mol.